The molecule has 1 N–H and O–H groups in total. The van der Waals surface area contributed by atoms with Crippen LogP contribution in [0.3, 0.4) is 0 Å². The summed E-state index contributed by atoms with van der Waals surface area (Å²) in [7, 11) is 0. The van der Waals surface area contributed by atoms with Crippen LogP contribution in [0, 0.1) is 18.3 Å². The number of aryl methyl sites for hydroxylation is 1. The van der Waals surface area contributed by atoms with Crippen LogP contribution in [0.25, 0.3) is 10.9 Å². The molecule has 8 nitrogen and oxygen atoms in total. The van der Waals surface area contributed by atoms with Gasteiger partial charge in [-0.3, -0.25) is 14.5 Å². The lowest BCUT2D eigenvalue weighted by Gasteiger charge is -2.11. The molecule has 0 aliphatic heterocycles. The first-order valence-corrected chi connectivity index (χ1v) is 8.89. The van der Waals surface area contributed by atoms with Crippen LogP contribution in [0.4, 0.5) is 13.2 Å². The summed E-state index contributed by atoms with van der Waals surface area (Å²) in [6.45, 7) is 0.707. The van der Waals surface area contributed by atoms with E-state index in [0.717, 1.165) is 0 Å². The molecule has 0 unspecified atom stereocenters. The molecule has 0 radical (unpaired) electrons. The Labute approximate surface area is 169 Å². The zero-order chi connectivity index (χ0) is 21.7. The van der Waals surface area contributed by atoms with Crippen molar-refractivity contribution < 1.29 is 22.7 Å². The summed E-state index contributed by atoms with van der Waals surface area (Å²) < 4.78 is 43.2. The summed E-state index contributed by atoms with van der Waals surface area (Å²) >= 11 is 0. The van der Waals surface area contributed by atoms with E-state index in [1.54, 1.807) is 29.9 Å². The molecule has 156 valence electrons. The third-order valence-electron chi connectivity index (χ3n) is 4.02. The quantitative estimate of drug-likeness (QED) is 0.592. The molecule has 0 aliphatic carbocycles. The van der Waals surface area contributed by atoms with E-state index >= 15 is 0 Å². The van der Waals surface area contributed by atoms with Crippen molar-refractivity contribution in [3.8, 4) is 11.9 Å². The normalized spacial score (nSPS) is 11.3. The SMILES string of the molecule is Cc1cc(Cn2cc3c(C(=O)NCCC#N)nccc3n2)cnc1OCC(F)(F)F. The number of rotatable bonds is 7. The zero-order valence-electron chi connectivity index (χ0n) is 15.9. The molecular formula is C19H17F3N6O2. The van der Waals surface area contributed by atoms with Gasteiger partial charge in [0.05, 0.1) is 29.9 Å². The number of carbonyl (C=O) groups excluding carboxylic acids is 1. The van der Waals surface area contributed by atoms with E-state index in [2.05, 4.69) is 20.4 Å². The maximum Gasteiger partial charge on any atom is 0.422 e. The molecule has 3 heterocycles. The van der Waals surface area contributed by atoms with E-state index < -0.39 is 18.7 Å². The predicted octanol–water partition coefficient (Wildman–Crippen LogP) is 2.77. The van der Waals surface area contributed by atoms with Gasteiger partial charge in [-0.1, -0.05) is 0 Å². The van der Waals surface area contributed by atoms with Gasteiger partial charge < -0.3 is 10.1 Å². The number of nitrogens with one attached hydrogen (secondary N) is 1. The van der Waals surface area contributed by atoms with Crippen LogP contribution in [-0.2, 0) is 6.54 Å². The molecule has 0 aromatic carbocycles. The minimum absolute atomic E-state index is 0.0813. The van der Waals surface area contributed by atoms with Gasteiger partial charge in [0.2, 0.25) is 5.88 Å². The first-order valence-electron chi connectivity index (χ1n) is 8.89. The molecule has 0 spiro atoms. The van der Waals surface area contributed by atoms with Crippen molar-refractivity contribution in [3.63, 3.8) is 0 Å². The van der Waals surface area contributed by atoms with Gasteiger partial charge in [0.15, 0.2) is 6.61 Å². The number of fused-ring (bicyclic) bond motifs is 1. The molecular weight excluding hydrogens is 401 g/mol. The number of nitrogens with zero attached hydrogens (tertiary/aromatic N) is 5. The van der Waals surface area contributed by atoms with Gasteiger partial charge in [0, 0.05) is 30.7 Å². The number of halogens is 3. The summed E-state index contributed by atoms with van der Waals surface area (Å²) in [6, 6.07) is 5.27. The highest BCUT2D eigenvalue weighted by Gasteiger charge is 2.29. The van der Waals surface area contributed by atoms with E-state index in [9.17, 15) is 18.0 Å². The van der Waals surface area contributed by atoms with Crippen LogP contribution in [0.2, 0.25) is 0 Å². The van der Waals surface area contributed by atoms with E-state index in [4.69, 9.17) is 10.00 Å². The van der Waals surface area contributed by atoms with Crippen molar-refractivity contribution >= 4 is 16.8 Å². The number of ether oxygens (including phenoxy) is 1. The number of aromatic nitrogens is 4. The molecule has 1 amide bonds. The van der Waals surface area contributed by atoms with Crippen LogP contribution in [0.15, 0.2) is 30.7 Å². The number of hydrogen-bond acceptors (Lipinski definition) is 6. The van der Waals surface area contributed by atoms with E-state index in [1.807, 2.05) is 6.07 Å². The lowest BCUT2D eigenvalue weighted by molar-refractivity contribution is -0.154. The number of pyridine rings is 2. The second kappa shape index (κ2) is 8.77. The van der Waals surface area contributed by atoms with Gasteiger partial charge in [-0.25, -0.2) is 4.98 Å². The summed E-state index contributed by atoms with van der Waals surface area (Å²) in [5.74, 6) is -0.485. The van der Waals surface area contributed by atoms with Crippen LogP contribution >= 0.6 is 0 Å². The Morgan fingerprint density at radius 1 is 1.37 bits per heavy atom. The van der Waals surface area contributed by atoms with E-state index in [-0.39, 0.29) is 31.1 Å². The van der Waals surface area contributed by atoms with Crippen LogP contribution in [-0.4, -0.2) is 45.0 Å². The van der Waals surface area contributed by atoms with Crippen molar-refractivity contribution in [1.82, 2.24) is 25.1 Å². The average molecular weight is 418 g/mol. The third kappa shape index (κ3) is 5.22. The molecule has 30 heavy (non-hydrogen) atoms. The van der Waals surface area contributed by atoms with Crippen LogP contribution in [0.5, 0.6) is 5.88 Å². The number of hydrogen-bond donors (Lipinski definition) is 1. The minimum Gasteiger partial charge on any atom is -0.468 e. The Morgan fingerprint density at radius 3 is 2.87 bits per heavy atom. The van der Waals surface area contributed by atoms with Crippen LogP contribution in [0.1, 0.15) is 28.0 Å². The van der Waals surface area contributed by atoms with E-state index in [1.165, 1.54) is 12.4 Å². The Balaban J connectivity index is 1.76. The Hall–Kier alpha value is -3.68. The average Bonchev–Trinajstić information content (AvgIpc) is 3.09. The van der Waals surface area contributed by atoms with Crippen molar-refractivity contribution in [1.29, 1.82) is 5.26 Å². The molecule has 0 aliphatic rings. The van der Waals surface area contributed by atoms with E-state index in [0.29, 0.717) is 22.0 Å². The highest BCUT2D eigenvalue weighted by atomic mass is 19.4. The van der Waals surface area contributed by atoms with Crippen molar-refractivity contribution in [2.75, 3.05) is 13.2 Å². The highest BCUT2D eigenvalue weighted by molar-refractivity contribution is 6.04. The molecule has 11 heteroatoms. The molecule has 3 rings (SSSR count). The standard InChI is InChI=1S/C19H17F3N6O2/c1-12-7-13(8-26-18(12)30-11-19(20,21)22)9-28-10-14-15(27-28)3-6-24-16(14)17(29)25-5-2-4-23/h3,6-8,10H,2,5,9,11H2,1H3,(H,25,29). The van der Waals surface area contributed by atoms with Gasteiger partial charge in [0.1, 0.15) is 5.69 Å². The molecule has 3 aromatic rings. The second-order valence-corrected chi connectivity index (χ2v) is 6.45. The number of amides is 1. The van der Waals surface area contributed by atoms with Crippen LogP contribution < -0.4 is 10.1 Å². The Kier molecular flexibility index (Phi) is 6.15. The van der Waals surface area contributed by atoms with Gasteiger partial charge >= 0.3 is 6.18 Å². The number of nitriles is 1. The fourth-order valence-electron chi connectivity index (χ4n) is 2.77. The maximum absolute atomic E-state index is 12.3. The van der Waals surface area contributed by atoms with Gasteiger partial charge in [-0.15, -0.1) is 0 Å². The maximum atomic E-state index is 12.3. The minimum atomic E-state index is -4.44. The van der Waals surface area contributed by atoms with Crippen molar-refractivity contribution in [2.24, 2.45) is 0 Å². The molecule has 0 saturated heterocycles. The first-order chi connectivity index (χ1) is 14.3. The number of alkyl halides is 3. The third-order valence-corrected chi connectivity index (χ3v) is 4.02. The summed E-state index contributed by atoms with van der Waals surface area (Å²) in [4.78, 5) is 20.3. The second-order valence-electron chi connectivity index (χ2n) is 6.45. The first kappa shape index (κ1) is 21.0. The van der Waals surface area contributed by atoms with Gasteiger partial charge in [-0.2, -0.15) is 23.5 Å². The van der Waals surface area contributed by atoms with Crippen molar-refractivity contribution in [2.45, 2.75) is 26.1 Å². The monoisotopic (exact) mass is 418 g/mol. The smallest absolute Gasteiger partial charge is 0.422 e. The lowest BCUT2D eigenvalue weighted by Crippen LogP contribution is -2.25. The largest absolute Gasteiger partial charge is 0.468 e. The molecule has 3 aromatic heterocycles. The fraction of sp³-hybridized carbons (Fsp3) is 0.316. The Bertz CT molecular complexity index is 1100. The highest BCUT2D eigenvalue weighted by Crippen LogP contribution is 2.21. The fourth-order valence-corrected chi connectivity index (χ4v) is 2.77. The Morgan fingerprint density at radius 2 is 2.17 bits per heavy atom. The van der Waals surface area contributed by atoms with Gasteiger partial charge in [0.25, 0.3) is 5.91 Å². The molecule has 0 bridgehead atoms. The lowest BCUT2D eigenvalue weighted by atomic mass is 10.2. The predicted molar refractivity (Wildman–Crippen MR) is 99.7 cm³/mol. The topological polar surface area (TPSA) is 106 Å². The number of carbonyl (C=O) groups is 1. The molecule has 0 saturated carbocycles. The summed E-state index contributed by atoms with van der Waals surface area (Å²) in [5.41, 5.74) is 1.92. The summed E-state index contributed by atoms with van der Waals surface area (Å²) in [6.07, 6.45) is 0.297. The molecule has 0 atom stereocenters. The zero-order valence-corrected chi connectivity index (χ0v) is 15.9. The van der Waals surface area contributed by atoms with Gasteiger partial charge in [-0.05, 0) is 24.6 Å². The van der Waals surface area contributed by atoms with Crippen molar-refractivity contribution in [3.05, 3.63) is 47.5 Å². The summed E-state index contributed by atoms with van der Waals surface area (Å²) in [5, 5.41) is 16.1. The molecule has 0 fully saturated rings.